The van der Waals surface area contributed by atoms with Gasteiger partial charge in [0.1, 0.15) is 11.6 Å². The molecule has 1 aliphatic rings. The predicted molar refractivity (Wildman–Crippen MR) is 113 cm³/mol. The van der Waals surface area contributed by atoms with Gasteiger partial charge in [-0.2, -0.15) is 9.78 Å². The highest BCUT2D eigenvalue weighted by molar-refractivity contribution is 7.20. The van der Waals surface area contributed by atoms with Gasteiger partial charge in [0.05, 0.1) is 15.9 Å². The van der Waals surface area contributed by atoms with Crippen LogP contribution >= 0.6 is 22.9 Å². The highest BCUT2D eigenvalue weighted by Gasteiger charge is 2.34. The first-order valence-corrected chi connectivity index (χ1v) is 10.3. The van der Waals surface area contributed by atoms with Crippen LogP contribution in [0.4, 0.5) is 10.2 Å². The van der Waals surface area contributed by atoms with Crippen molar-refractivity contribution in [2.24, 2.45) is 0 Å². The average molecular weight is 427 g/mol. The summed E-state index contributed by atoms with van der Waals surface area (Å²) in [7, 11) is 0. The normalized spacial score (nSPS) is 16.1. The van der Waals surface area contributed by atoms with Crippen molar-refractivity contribution >= 4 is 44.9 Å². The van der Waals surface area contributed by atoms with Gasteiger partial charge in [-0.05, 0) is 55.3 Å². The summed E-state index contributed by atoms with van der Waals surface area (Å²) in [4.78, 5) is 17.2. The second-order valence-electron chi connectivity index (χ2n) is 7.20. The van der Waals surface area contributed by atoms with Crippen molar-refractivity contribution in [3.05, 3.63) is 69.6 Å². The number of carbonyl (C=O) groups is 1. The highest BCUT2D eigenvalue weighted by atomic mass is 35.5. The molecule has 4 aromatic rings. The van der Waals surface area contributed by atoms with Crippen molar-refractivity contribution < 1.29 is 9.18 Å². The van der Waals surface area contributed by atoms with E-state index in [-0.39, 0.29) is 18.1 Å². The second-order valence-corrected chi connectivity index (χ2v) is 8.64. The minimum absolute atomic E-state index is 0.135. The van der Waals surface area contributed by atoms with Crippen molar-refractivity contribution in [1.29, 1.82) is 0 Å². The van der Waals surface area contributed by atoms with Crippen molar-refractivity contribution in [1.82, 2.24) is 14.8 Å². The van der Waals surface area contributed by atoms with E-state index in [0.717, 1.165) is 27.0 Å². The van der Waals surface area contributed by atoms with Gasteiger partial charge < -0.3 is 5.32 Å². The Morgan fingerprint density at radius 2 is 2.07 bits per heavy atom. The van der Waals surface area contributed by atoms with E-state index in [4.69, 9.17) is 11.6 Å². The molecule has 146 valence electrons. The fourth-order valence-electron chi connectivity index (χ4n) is 3.84. The molecule has 29 heavy (non-hydrogen) atoms. The summed E-state index contributed by atoms with van der Waals surface area (Å²) in [5.74, 6) is -0.496. The van der Waals surface area contributed by atoms with E-state index in [0.29, 0.717) is 21.5 Å². The number of amides is 1. The molecule has 1 amide bonds. The van der Waals surface area contributed by atoms with Gasteiger partial charge in [0.2, 0.25) is 11.0 Å². The Morgan fingerprint density at radius 1 is 1.24 bits per heavy atom. The second kappa shape index (κ2) is 6.64. The number of halogens is 2. The van der Waals surface area contributed by atoms with E-state index in [9.17, 15) is 9.18 Å². The summed E-state index contributed by atoms with van der Waals surface area (Å²) < 4.78 is 17.3. The van der Waals surface area contributed by atoms with E-state index in [1.165, 1.54) is 23.5 Å². The molecule has 0 unspecified atom stereocenters. The van der Waals surface area contributed by atoms with Crippen molar-refractivity contribution in [3.63, 3.8) is 0 Å². The van der Waals surface area contributed by atoms with Crippen LogP contribution in [0.5, 0.6) is 0 Å². The molecule has 0 saturated heterocycles. The molecule has 8 heteroatoms. The van der Waals surface area contributed by atoms with Gasteiger partial charge in [0.15, 0.2) is 0 Å². The van der Waals surface area contributed by atoms with E-state index in [2.05, 4.69) is 21.5 Å². The van der Waals surface area contributed by atoms with Crippen LogP contribution in [0.1, 0.15) is 34.7 Å². The molecule has 1 N–H and O–H groups in total. The van der Waals surface area contributed by atoms with Crippen molar-refractivity contribution in [3.8, 4) is 5.13 Å². The molecule has 1 atom stereocenters. The van der Waals surface area contributed by atoms with E-state index < -0.39 is 5.92 Å². The maximum atomic E-state index is 14.6. The predicted octanol–water partition coefficient (Wildman–Crippen LogP) is 5.37. The molecule has 2 aromatic carbocycles. The smallest absolute Gasteiger partial charge is 0.226 e. The molecule has 0 radical (unpaired) electrons. The zero-order valence-electron chi connectivity index (χ0n) is 15.7. The van der Waals surface area contributed by atoms with Crippen LogP contribution in [0.25, 0.3) is 15.3 Å². The van der Waals surface area contributed by atoms with Gasteiger partial charge in [0.25, 0.3) is 0 Å². The van der Waals surface area contributed by atoms with Gasteiger partial charge in [-0.15, -0.1) is 0 Å². The zero-order chi connectivity index (χ0) is 20.3. The number of hydrogen-bond donors (Lipinski definition) is 1. The summed E-state index contributed by atoms with van der Waals surface area (Å²) in [6.45, 7) is 3.89. The Labute approximate surface area is 175 Å². The van der Waals surface area contributed by atoms with E-state index >= 15 is 0 Å². The number of aryl methyl sites for hydroxylation is 2. The van der Waals surface area contributed by atoms with Gasteiger partial charge >= 0.3 is 0 Å². The van der Waals surface area contributed by atoms with Gasteiger partial charge in [0, 0.05) is 22.9 Å². The number of benzene rings is 2. The standard InChI is InChI=1S/C21H16ClFN4OS/c1-10-3-6-16-17(7-10)29-21(24-16)27-20-19(11(2)26-27)14(9-18(28)25-20)13-8-12(22)4-5-15(13)23/h3-8,14H,9H2,1-2H3,(H,25,28)/t14-/m0/s1. The van der Waals surface area contributed by atoms with Crippen LogP contribution in [0.3, 0.4) is 0 Å². The summed E-state index contributed by atoms with van der Waals surface area (Å²) in [5.41, 5.74) is 3.94. The minimum Gasteiger partial charge on any atom is -0.310 e. The number of nitrogens with zero attached hydrogens (tertiary/aromatic N) is 3. The molecule has 3 heterocycles. The maximum absolute atomic E-state index is 14.6. The molecule has 0 saturated carbocycles. The third kappa shape index (κ3) is 3.01. The lowest BCUT2D eigenvalue weighted by atomic mass is 9.85. The van der Waals surface area contributed by atoms with Crippen LogP contribution in [0, 0.1) is 19.7 Å². The van der Waals surface area contributed by atoms with Crippen LogP contribution in [0.15, 0.2) is 36.4 Å². The number of anilines is 1. The fraction of sp³-hybridized carbons (Fsp3) is 0.190. The topological polar surface area (TPSA) is 59.8 Å². The number of carbonyl (C=O) groups excluding carboxylic acids is 1. The zero-order valence-corrected chi connectivity index (χ0v) is 17.2. The van der Waals surface area contributed by atoms with Crippen LogP contribution < -0.4 is 5.32 Å². The molecule has 2 aromatic heterocycles. The molecule has 1 aliphatic heterocycles. The molecule has 0 spiro atoms. The van der Waals surface area contributed by atoms with Gasteiger partial charge in [-0.25, -0.2) is 9.37 Å². The van der Waals surface area contributed by atoms with E-state index in [1.807, 2.05) is 26.0 Å². The minimum atomic E-state index is -0.456. The largest absolute Gasteiger partial charge is 0.310 e. The number of nitrogens with one attached hydrogen (secondary N) is 1. The highest BCUT2D eigenvalue weighted by Crippen LogP contribution is 2.42. The number of hydrogen-bond acceptors (Lipinski definition) is 4. The lowest BCUT2D eigenvalue weighted by molar-refractivity contribution is -0.116. The van der Waals surface area contributed by atoms with Crippen molar-refractivity contribution in [2.75, 3.05) is 5.32 Å². The Bertz CT molecular complexity index is 1300. The van der Waals surface area contributed by atoms with Gasteiger partial charge in [-0.3, -0.25) is 4.79 Å². The molecule has 0 fully saturated rings. The summed E-state index contributed by atoms with van der Waals surface area (Å²) in [6, 6.07) is 10.5. The number of thiazole rings is 1. The number of rotatable bonds is 2. The lowest BCUT2D eigenvalue weighted by Crippen LogP contribution is -2.25. The Hall–Kier alpha value is -2.77. The van der Waals surface area contributed by atoms with Gasteiger partial charge in [-0.1, -0.05) is 29.0 Å². The summed E-state index contributed by atoms with van der Waals surface area (Å²) in [5, 5.41) is 8.63. The van der Waals surface area contributed by atoms with Crippen molar-refractivity contribution in [2.45, 2.75) is 26.2 Å². The van der Waals surface area contributed by atoms with Crippen LogP contribution in [-0.2, 0) is 4.79 Å². The lowest BCUT2D eigenvalue weighted by Gasteiger charge is -2.24. The maximum Gasteiger partial charge on any atom is 0.226 e. The SMILES string of the molecule is Cc1ccc2nc(-n3nc(C)c4c3NC(=O)C[C@H]4c3cc(Cl)ccc3F)sc2c1. The average Bonchev–Trinajstić information content (AvgIpc) is 3.23. The molecule has 0 aliphatic carbocycles. The molecule has 5 nitrogen and oxygen atoms in total. The molecule has 0 bridgehead atoms. The summed E-state index contributed by atoms with van der Waals surface area (Å²) >= 11 is 7.60. The Balaban J connectivity index is 1.69. The third-order valence-corrected chi connectivity index (χ3v) is 6.38. The quantitative estimate of drug-likeness (QED) is 0.469. The first kappa shape index (κ1) is 18.3. The molecule has 5 rings (SSSR count). The van der Waals surface area contributed by atoms with Crippen LogP contribution in [0.2, 0.25) is 5.02 Å². The van der Waals surface area contributed by atoms with Crippen LogP contribution in [-0.4, -0.2) is 20.7 Å². The molecular formula is C21H16ClFN4OS. The monoisotopic (exact) mass is 426 g/mol. The number of fused-ring (bicyclic) bond motifs is 2. The van der Waals surface area contributed by atoms with E-state index in [1.54, 1.807) is 10.7 Å². The fourth-order valence-corrected chi connectivity index (χ4v) is 5.05. The molecular weight excluding hydrogens is 411 g/mol. The Morgan fingerprint density at radius 3 is 2.90 bits per heavy atom. The first-order valence-electron chi connectivity index (χ1n) is 9.12. The number of aromatic nitrogens is 3. The Kier molecular flexibility index (Phi) is 4.18. The summed E-state index contributed by atoms with van der Waals surface area (Å²) in [6.07, 6.45) is 0.135. The first-order chi connectivity index (χ1) is 13.9. The third-order valence-electron chi connectivity index (χ3n) is 5.15.